The first kappa shape index (κ1) is 24.1. The number of thiol groups is 1. The molecular weight excluding hydrogens is 497 g/mol. The maximum absolute atomic E-state index is 13.7. The summed E-state index contributed by atoms with van der Waals surface area (Å²) in [5.41, 5.74) is 4.86. The van der Waals surface area contributed by atoms with E-state index in [-0.39, 0.29) is 24.6 Å². The normalized spacial score (nSPS) is 22.9. The smallest absolute Gasteiger partial charge is 0.343 e. The van der Waals surface area contributed by atoms with Crippen molar-refractivity contribution in [2.45, 2.75) is 71.1 Å². The number of fused-ring (bicyclic) bond motifs is 5. The van der Waals surface area contributed by atoms with Gasteiger partial charge < -0.3 is 19.5 Å². The molecule has 0 fully saturated rings. The number of benzene rings is 1. The number of nitrogens with zero attached hydrogens (tertiary/aromatic N) is 3. The second kappa shape index (κ2) is 8.10. The van der Waals surface area contributed by atoms with Gasteiger partial charge >= 0.3 is 5.97 Å². The number of hydrogen-bond donors (Lipinski definition) is 3. The van der Waals surface area contributed by atoms with Crippen LogP contribution in [0.25, 0.3) is 22.3 Å². The lowest BCUT2D eigenvalue weighted by atomic mass is 9.81. The molecule has 4 heterocycles. The first-order chi connectivity index (χ1) is 17.1. The van der Waals surface area contributed by atoms with E-state index in [0.29, 0.717) is 29.1 Å². The zero-order valence-electron chi connectivity index (χ0n) is 20.3. The number of hydrogen-bond acceptors (Lipinski definition) is 8. The van der Waals surface area contributed by atoms with Crippen molar-refractivity contribution in [2.75, 3.05) is 0 Å². The zero-order valence-corrected chi connectivity index (χ0v) is 22.4. The Morgan fingerprint density at radius 1 is 1.33 bits per heavy atom. The van der Waals surface area contributed by atoms with Crippen LogP contribution < -0.4 is 10.9 Å². The summed E-state index contributed by atoms with van der Waals surface area (Å²) in [5, 5.41) is 23.7. The van der Waals surface area contributed by atoms with Gasteiger partial charge in [0.2, 0.25) is 0 Å². The van der Waals surface area contributed by atoms with Gasteiger partial charge in [0, 0.05) is 22.6 Å². The first-order valence-corrected chi connectivity index (χ1v) is 13.1. The van der Waals surface area contributed by atoms with Gasteiger partial charge in [-0.25, -0.2) is 14.1 Å². The van der Waals surface area contributed by atoms with Gasteiger partial charge in [-0.2, -0.15) is 0 Å². The van der Waals surface area contributed by atoms with E-state index in [1.54, 1.807) is 28.8 Å². The predicted octanol–water partition coefficient (Wildman–Crippen LogP) is 2.36. The highest BCUT2D eigenvalue weighted by atomic mass is 32.1. The summed E-state index contributed by atoms with van der Waals surface area (Å²) in [6.45, 7) is 5.64. The first-order valence-electron chi connectivity index (χ1n) is 12.1. The van der Waals surface area contributed by atoms with Gasteiger partial charge in [-0.3, -0.25) is 4.79 Å². The molecule has 0 bridgehead atoms. The molecule has 36 heavy (non-hydrogen) atoms. The number of rotatable bonds is 3. The fourth-order valence-corrected chi connectivity index (χ4v) is 6.68. The van der Waals surface area contributed by atoms with Gasteiger partial charge in [0.25, 0.3) is 5.56 Å². The fourth-order valence-electron chi connectivity index (χ4n) is 6.11. The molecule has 0 saturated carbocycles. The highest BCUT2D eigenvalue weighted by molar-refractivity contribution is 7.77. The third-order valence-corrected chi connectivity index (χ3v) is 9.37. The number of carbonyl (C=O) groups is 1. The van der Waals surface area contributed by atoms with Crippen LogP contribution in [0, 0.1) is 6.92 Å². The molecule has 2 N–H and O–H groups in total. The molecule has 0 spiro atoms. The van der Waals surface area contributed by atoms with Crippen LogP contribution in [-0.4, -0.2) is 36.3 Å². The zero-order chi connectivity index (χ0) is 25.7. The van der Waals surface area contributed by atoms with Crippen molar-refractivity contribution < 1.29 is 19.7 Å². The van der Waals surface area contributed by atoms with Crippen molar-refractivity contribution in [1.82, 2.24) is 13.9 Å². The maximum Gasteiger partial charge on any atom is 0.343 e. The summed E-state index contributed by atoms with van der Waals surface area (Å²) >= 11 is 4.65. The average molecular weight is 526 g/mol. The van der Waals surface area contributed by atoms with E-state index in [1.165, 1.54) is 11.1 Å². The minimum absolute atomic E-state index is 0.0924. The van der Waals surface area contributed by atoms with Gasteiger partial charge in [0.05, 0.1) is 29.0 Å². The van der Waals surface area contributed by atoms with Crippen LogP contribution in [0.2, 0.25) is 0 Å². The quantitative estimate of drug-likeness (QED) is 0.163. The Labute approximate surface area is 216 Å². The Morgan fingerprint density at radius 2 is 2.08 bits per heavy atom. The van der Waals surface area contributed by atoms with E-state index in [0.717, 1.165) is 40.2 Å². The van der Waals surface area contributed by atoms with Crippen LogP contribution in [0.15, 0.2) is 16.9 Å². The van der Waals surface area contributed by atoms with Crippen LogP contribution in [0.3, 0.4) is 0 Å². The predicted molar refractivity (Wildman–Crippen MR) is 142 cm³/mol. The van der Waals surface area contributed by atoms with Crippen molar-refractivity contribution in [1.29, 1.82) is 0 Å². The Balaban J connectivity index is 1.69. The Hall–Kier alpha value is -2.29. The lowest BCUT2D eigenvalue weighted by molar-refractivity contribution is -0.172. The van der Waals surface area contributed by atoms with E-state index in [9.17, 15) is 19.8 Å². The number of aliphatic hydroxyl groups is 2. The van der Waals surface area contributed by atoms with Crippen molar-refractivity contribution in [3.05, 3.63) is 55.9 Å². The summed E-state index contributed by atoms with van der Waals surface area (Å²) in [6.07, 6.45) is 0.912. The minimum atomic E-state index is -1.87. The van der Waals surface area contributed by atoms with Crippen molar-refractivity contribution in [2.24, 2.45) is 0 Å². The molecule has 3 aliphatic rings. The van der Waals surface area contributed by atoms with Crippen molar-refractivity contribution in [3.63, 3.8) is 0 Å². The van der Waals surface area contributed by atoms with Gasteiger partial charge in [-0.1, -0.05) is 19.7 Å². The molecule has 4 atom stereocenters. The molecule has 0 radical (unpaired) electrons. The molecule has 3 aromatic rings. The van der Waals surface area contributed by atoms with Gasteiger partial charge in [0.15, 0.2) is 5.60 Å². The third-order valence-electron chi connectivity index (χ3n) is 8.15. The summed E-state index contributed by atoms with van der Waals surface area (Å²) < 4.78 is 8.52. The van der Waals surface area contributed by atoms with Crippen LogP contribution in [0.4, 0.5) is 0 Å². The van der Waals surface area contributed by atoms with Crippen molar-refractivity contribution >= 4 is 44.2 Å². The van der Waals surface area contributed by atoms with Crippen LogP contribution in [0.5, 0.6) is 0 Å². The summed E-state index contributed by atoms with van der Waals surface area (Å²) in [5.74, 6) is -0.739. The highest BCUT2D eigenvalue weighted by Gasteiger charge is 2.46. The number of ether oxygens (including phenoxy) is 1. The summed E-state index contributed by atoms with van der Waals surface area (Å²) in [4.78, 5) is 31.2. The van der Waals surface area contributed by atoms with E-state index in [4.69, 9.17) is 9.72 Å². The second-order valence-electron chi connectivity index (χ2n) is 9.99. The minimum Gasteiger partial charge on any atom is -0.458 e. The van der Waals surface area contributed by atoms with E-state index < -0.39 is 17.8 Å². The second-order valence-corrected chi connectivity index (χ2v) is 11.1. The molecule has 0 amide bonds. The number of pyridine rings is 2. The lowest BCUT2D eigenvalue weighted by Gasteiger charge is -2.35. The fraction of sp³-hybridized carbons (Fsp3) is 0.423. The SMILES string of the molecule is CCC1(O)C(=O)OCc2c1cc1n(c2=O)Cc2c-1nc1cc(P)c(C)c3c1c2C(N(S)C(C)O)CC3. The standard InChI is InChI=1S/C26H28N3O5PS/c1-4-26(33)16-7-19-23-14(9-28(19)24(31)15(16)10-34-25(26)32)22-18(29(36)12(3)30)6-5-13-11(2)20(35)8-17(27-23)21(13)22/h7-8,12,18,30,33,36H,4-6,9-10,35H2,1-3H3. The number of aryl methyl sites for hydroxylation is 1. The molecule has 4 unspecified atom stereocenters. The van der Waals surface area contributed by atoms with Crippen LogP contribution in [0.1, 0.15) is 66.1 Å². The molecule has 6 rings (SSSR count). The van der Waals surface area contributed by atoms with Gasteiger partial charge in [0.1, 0.15) is 12.8 Å². The van der Waals surface area contributed by atoms with Gasteiger partial charge in [-0.15, -0.1) is 9.24 Å². The Morgan fingerprint density at radius 3 is 2.78 bits per heavy atom. The molecule has 8 nitrogen and oxygen atoms in total. The monoisotopic (exact) mass is 525 g/mol. The number of cyclic esters (lactones) is 1. The molecule has 10 heteroatoms. The van der Waals surface area contributed by atoms with Crippen LogP contribution in [-0.2, 0) is 34.7 Å². The van der Waals surface area contributed by atoms with E-state index >= 15 is 0 Å². The largest absolute Gasteiger partial charge is 0.458 e. The van der Waals surface area contributed by atoms with Crippen LogP contribution >= 0.6 is 22.1 Å². The highest BCUT2D eigenvalue weighted by Crippen LogP contribution is 2.47. The van der Waals surface area contributed by atoms with E-state index in [2.05, 4.69) is 29.0 Å². The molecule has 1 aromatic carbocycles. The Bertz CT molecular complexity index is 1550. The summed E-state index contributed by atoms with van der Waals surface area (Å²) in [7, 11) is 2.79. The van der Waals surface area contributed by atoms with Gasteiger partial charge in [-0.05, 0) is 67.2 Å². The topological polar surface area (TPSA) is 105 Å². The molecule has 188 valence electrons. The Kier molecular flexibility index (Phi) is 5.42. The third kappa shape index (κ3) is 3.07. The maximum atomic E-state index is 13.7. The van der Waals surface area contributed by atoms with Crippen molar-refractivity contribution in [3.8, 4) is 11.4 Å². The molecular formula is C26H28N3O5PS. The van der Waals surface area contributed by atoms with E-state index in [1.807, 2.05) is 6.07 Å². The average Bonchev–Trinajstić information content (AvgIpc) is 3.23. The number of esters is 1. The number of aromatic nitrogens is 2. The number of carbonyl (C=O) groups excluding carboxylic acids is 1. The number of aliphatic hydroxyl groups excluding tert-OH is 1. The molecule has 1 aliphatic carbocycles. The molecule has 0 saturated heterocycles. The molecule has 2 aliphatic heterocycles. The lowest BCUT2D eigenvalue weighted by Crippen LogP contribution is -2.44. The summed E-state index contributed by atoms with van der Waals surface area (Å²) in [6, 6.07) is 3.60. The molecule has 2 aromatic heterocycles.